The lowest BCUT2D eigenvalue weighted by molar-refractivity contribution is 0.275. The summed E-state index contributed by atoms with van der Waals surface area (Å²) in [7, 11) is 6.01. The molecular weight excluding hydrogens is 338 g/mol. The maximum Gasteiger partial charge on any atom is 0.193 e. The van der Waals surface area contributed by atoms with Crippen LogP contribution in [0.5, 0.6) is 5.75 Å². The van der Waals surface area contributed by atoms with Crippen molar-refractivity contribution in [2.24, 2.45) is 4.99 Å². The molecule has 0 amide bonds. The minimum Gasteiger partial charge on any atom is -0.497 e. The standard InChI is InChI=1S/C21H37N5O/c1-5-22-21(25(3)18-19-8-10-20(27-4)11-9-19)23-12-6-14-26-15-7-13-24(2)16-17-26/h8-11H,5-7,12-18H2,1-4H3,(H,22,23). The van der Waals surface area contributed by atoms with Crippen LogP contribution in [0.2, 0.25) is 0 Å². The molecule has 1 saturated heterocycles. The number of guanidine groups is 1. The fraction of sp³-hybridized carbons (Fsp3) is 0.667. The number of nitrogens with one attached hydrogen (secondary N) is 1. The Labute approximate surface area is 165 Å². The Bertz CT molecular complexity index is 560. The van der Waals surface area contributed by atoms with Crippen molar-refractivity contribution in [2.75, 3.05) is 67.0 Å². The number of nitrogens with zero attached hydrogens (tertiary/aromatic N) is 4. The molecule has 6 nitrogen and oxygen atoms in total. The molecule has 0 saturated carbocycles. The van der Waals surface area contributed by atoms with Crippen molar-refractivity contribution in [3.05, 3.63) is 29.8 Å². The summed E-state index contributed by atoms with van der Waals surface area (Å²) in [6, 6.07) is 8.22. The Hall–Kier alpha value is -1.79. The fourth-order valence-electron chi connectivity index (χ4n) is 3.35. The molecule has 1 fully saturated rings. The van der Waals surface area contributed by atoms with E-state index in [4.69, 9.17) is 9.73 Å². The smallest absolute Gasteiger partial charge is 0.193 e. The van der Waals surface area contributed by atoms with Crippen LogP contribution in [0.3, 0.4) is 0 Å². The maximum absolute atomic E-state index is 5.23. The molecule has 0 bridgehead atoms. The molecule has 0 radical (unpaired) electrons. The van der Waals surface area contributed by atoms with Crippen LogP contribution >= 0.6 is 0 Å². The van der Waals surface area contributed by atoms with E-state index < -0.39 is 0 Å². The third-order valence-corrected chi connectivity index (χ3v) is 4.98. The zero-order valence-electron chi connectivity index (χ0n) is 17.6. The van der Waals surface area contributed by atoms with Gasteiger partial charge in [0.1, 0.15) is 5.75 Å². The summed E-state index contributed by atoms with van der Waals surface area (Å²) in [5.74, 6) is 1.87. The molecule has 6 heteroatoms. The SMILES string of the molecule is CCNC(=NCCCN1CCCN(C)CC1)N(C)Cc1ccc(OC)cc1. The van der Waals surface area contributed by atoms with Crippen LogP contribution in [-0.2, 0) is 6.54 Å². The second kappa shape index (κ2) is 11.8. The van der Waals surface area contributed by atoms with Gasteiger partial charge < -0.3 is 24.8 Å². The van der Waals surface area contributed by atoms with Gasteiger partial charge in [0.05, 0.1) is 7.11 Å². The minimum atomic E-state index is 0.828. The number of likely N-dealkylation sites (N-methyl/N-ethyl adjacent to an activating group) is 1. The maximum atomic E-state index is 5.23. The summed E-state index contributed by atoms with van der Waals surface area (Å²) < 4.78 is 5.23. The topological polar surface area (TPSA) is 43.3 Å². The summed E-state index contributed by atoms with van der Waals surface area (Å²) in [4.78, 5) is 12.0. The normalized spacial score (nSPS) is 16.8. The van der Waals surface area contributed by atoms with Crippen LogP contribution in [0.15, 0.2) is 29.3 Å². The Morgan fingerprint density at radius 2 is 1.96 bits per heavy atom. The fourth-order valence-corrected chi connectivity index (χ4v) is 3.35. The molecule has 0 aromatic heterocycles. The first-order valence-electron chi connectivity index (χ1n) is 10.2. The van der Waals surface area contributed by atoms with E-state index in [0.29, 0.717) is 0 Å². The first-order valence-corrected chi connectivity index (χ1v) is 10.2. The van der Waals surface area contributed by atoms with Crippen LogP contribution in [0.25, 0.3) is 0 Å². The van der Waals surface area contributed by atoms with Gasteiger partial charge in [0.25, 0.3) is 0 Å². The van der Waals surface area contributed by atoms with Crippen molar-refractivity contribution in [2.45, 2.75) is 26.3 Å². The van der Waals surface area contributed by atoms with Crippen molar-refractivity contribution >= 4 is 5.96 Å². The van der Waals surface area contributed by atoms with E-state index in [1.165, 1.54) is 38.2 Å². The lowest BCUT2D eigenvalue weighted by Gasteiger charge is -2.23. The van der Waals surface area contributed by atoms with Gasteiger partial charge in [-0.25, -0.2) is 0 Å². The van der Waals surface area contributed by atoms with E-state index in [2.05, 4.69) is 53.2 Å². The quantitative estimate of drug-likeness (QED) is 0.428. The molecule has 0 spiro atoms. The minimum absolute atomic E-state index is 0.828. The number of hydrogen-bond acceptors (Lipinski definition) is 4. The van der Waals surface area contributed by atoms with Crippen LogP contribution in [0.1, 0.15) is 25.3 Å². The van der Waals surface area contributed by atoms with Crippen LogP contribution in [-0.4, -0.2) is 87.7 Å². The van der Waals surface area contributed by atoms with Crippen molar-refractivity contribution in [3.63, 3.8) is 0 Å². The van der Waals surface area contributed by atoms with E-state index in [1.807, 2.05) is 12.1 Å². The van der Waals surface area contributed by atoms with E-state index in [-0.39, 0.29) is 0 Å². The number of ether oxygens (including phenoxy) is 1. The zero-order chi connectivity index (χ0) is 19.5. The van der Waals surface area contributed by atoms with Gasteiger partial charge in [-0.3, -0.25) is 4.99 Å². The molecule has 1 aliphatic rings. The summed E-state index contributed by atoms with van der Waals surface area (Å²) in [5.41, 5.74) is 1.25. The molecule has 27 heavy (non-hydrogen) atoms. The van der Waals surface area contributed by atoms with Crippen LogP contribution in [0.4, 0.5) is 0 Å². The average Bonchev–Trinajstić information content (AvgIpc) is 2.89. The lowest BCUT2D eigenvalue weighted by atomic mass is 10.2. The third kappa shape index (κ3) is 7.77. The molecule has 2 rings (SSSR count). The van der Waals surface area contributed by atoms with Gasteiger partial charge in [-0.1, -0.05) is 12.1 Å². The zero-order valence-corrected chi connectivity index (χ0v) is 17.6. The summed E-state index contributed by atoms with van der Waals surface area (Å²) >= 11 is 0. The molecule has 0 unspecified atom stereocenters. The van der Waals surface area contributed by atoms with Gasteiger partial charge in [0.2, 0.25) is 0 Å². The van der Waals surface area contributed by atoms with Gasteiger partial charge in [-0.05, 0) is 64.1 Å². The second-order valence-corrected chi connectivity index (χ2v) is 7.29. The Kier molecular flexibility index (Phi) is 9.42. The van der Waals surface area contributed by atoms with Gasteiger partial charge in [0.15, 0.2) is 5.96 Å². The highest BCUT2D eigenvalue weighted by Crippen LogP contribution is 2.12. The third-order valence-electron chi connectivity index (χ3n) is 4.98. The highest BCUT2D eigenvalue weighted by molar-refractivity contribution is 5.79. The predicted octanol–water partition coefficient (Wildman–Crippen LogP) is 2.12. The van der Waals surface area contributed by atoms with Gasteiger partial charge in [-0.2, -0.15) is 0 Å². The van der Waals surface area contributed by atoms with Crippen molar-refractivity contribution in [1.82, 2.24) is 20.0 Å². The molecule has 1 aliphatic heterocycles. The van der Waals surface area contributed by atoms with Gasteiger partial charge >= 0.3 is 0 Å². The largest absolute Gasteiger partial charge is 0.497 e. The molecule has 1 aromatic carbocycles. The van der Waals surface area contributed by atoms with Crippen molar-refractivity contribution in [1.29, 1.82) is 0 Å². The first-order chi connectivity index (χ1) is 13.1. The molecule has 0 atom stereocenters. The van der Waals surface area contributed by atoms with E-state index in [1.54, 1.807) is 7.11 Å². The van der Waals surface area contributed by atoms with E-state index >= 15 is 0 Å². The first kappa shape index (κ1) is 21.5. The molecule has 1 heterocycles. The Morgan fingerprint density at radius 1 is 1.19 bits per heavy atom. The number of aliphatic imine (C=N–C) groups is 1. The van der Waals surface area contributed by atoms with Crippen LogP contribution in [0, 0.1) is 0 Å². The number of methoxy groups -OCH3 is 1. The average molecular weight is 376 g/mol. The highest BCUT2D eigenvalue weighted by Gasteiger charge is 2.11. The molecule has 1 aromatic rings. The van der Waals surface area contributed by atoms with Gasteiger partial charge in [0, 0.05) is 39.8 Å². The predicted molar refractivity (Wildman–Crippen MR) is 114 cm³/mol. The van der Waals surface area contributed by atoms with Crippen molar-refractivity contribution < 1.29 is 4.74 Å². The van der Waals surface area contributed by atoms with Crippen LogP contribution < -0.4 is 10.1 Å². The number of benzene rings is 1. The van der Waals surface area contributed by atoms with Crippen molar-refractivity contribution in [3.8, 4) is 5.75 Å². The molecule has 152 valence electrons. The second-order valence-electron chi connectivity index (χ2n) is 7.29. The highest BCUT2D eigenvalue weighted by atomic mass is 16.5. The van der Waals surface area contributed by atoms with E-state index in [0.717, 1.165) is 44.3 Å². The summed E-state index contributed by atoms with van der Waals surface area (Å²) in [6.07, 6.45) is 2.38. The molecular formula is C21H37N5O. The Morgan fingerprint density at radius 3 is 2.67 bits per heavy atom. The number of rotatable bonds is 8. The summed E-state index contributed by atoms with van der Waals surface area (Å²) in [5, 5.41) is 3.41. The van der Waals surface area contributed by atoms with Gasteiger partial charge in [-0.15, -0.1) is 0 Å². The van der Waals surface area contributed by atoms with E-state index in [9.17, 15) is 0 Å². The monoisotopic (exact) mass is 375 g/mol. The number of hydrogen-bond donors (Lipinski definition) is 1. The summed E-state index contributed by atoms with van der Waals surface area (Å²) in [6.45, 7) is 10.6. The Balaban J connectivity index is 1.81. The molecule has 0 aliphatic carbocycles. The lowest BCUT2D eigenvalue weighted by Crippen LogP contribution is -2.38. The molecule has 1 N–H and O–H groups in total.